The number of phenolic OH excluding ortho intramolecular Hbond substituents is 2. The highest BCUT2D eigenvalue weighted by Gasteiger charge is 2.52. The molecule has 1 aromatic heterocycles. The average molecular weight is 609 g/mol. The molecule has 9 N–H and O–H groups in total. The van der Waals surface area contributed by atoms with E-state index in [1.165, 1.54) is 31.4 Å². The zero-order valence-electron chi connectivity index (χ0n) is 22.6. The van der Waals surface area contributed by atoms with E-state index in [2.05, 4.69) is 0 Å². The summed E-state index contributed by atoms with van der Waals surface area (Å²) in [6.45, 7) is -1.54. The second-order valence-corrected chi connectivity index (χ2v) is 10.3. The highest BCUT2D eigenvalue weighted by molar-refractivity contribution is 5.89. The van der Waals surface area contributed by atoms with Crippen LogP contribution in [-0.4, -0.2) is 121 Å². The second kappa shape index (κ2) is 12.3. The van der Waals surface area contributed by atoms with Gasteiger partial charge < -0.3 is 69.3 Å². The van der Waals surface area contributed by atoms with Gasteiger partial charge in [-0.25, -0.2) is 0 Å². The maximum Gasteiger partial charge on any atom is 0.197 e. The third-order valence-electron chi connectivity index (χ3n) is 7.64. The van der Waals surface area contributed by atoms with E-state index in [9.17, 15) is 50.8 Å². The second-order valence-electron chi connectivity index (χ2n) is 10.3. The smallest absolute Gasteiger partial charge is 0.197 e. The third kappa shape index (κ3) is 5.56. The van der Waals surface area contributed by atoms with E-state index < -0.39 is 85.6 Å². The zero-order chi connectivity index (χ0) is 31.2. The Labute approximate surface area is 242 Å². The van der Waals surface area contributed by atoms with Gasteiger partial charge in [-0.2, -0.15) is 0 Å². The first kappa shape index (κ1) is 31.1. The van der Waals surface area contributed by atoms with Crippen molar-refractivity contribution in [2.24, 2.45) is 0 Å². The van der Waals surface area contributed by atoms with Crippen LogP contribution in [0.1, 0.15) is 11.7 Å². The lowest BCUT2D eigenvalue weighted by molar-refractivity contribution is -0.342. The summed E-state index contributed by atoms with van der Waals surface area (Å²) in [5, 5.41) is 92.5. The van der Waals surface area contributed by atoms with Crippen LogP contribution in [0.5, 0.6) is 17.2 Å². The summed E-state index contributed by atoms with van der Waals surface area (Å²) in [6.07, 6.45) is -16.8. The number of aromatic hydroxyl groups is 2. The van der Waals surface area contributed by atoms with Gasteiger partial charge >= 0.3 is 0 Å². The molecule has 2 aliphatic rings. The fourth-order valence-electron chi connectivity index (χ4n) is 5.33. The zero-order valence-corrected chi connectivity index (χ0v) is 22.6. The van der Waals surface area contributed by atoms with Gasteiger partial charge in [0.1, 0.15) is 83.3 Å². The molecular weight excluding hydrogens is 576 g/mol. The molecule has 10 atom stereocenters. The van der Waals surface area contributed by atoms with Crippen LogP contribution in [-0.2, 0) is 14.2 Å². The van der Waals surface area contributed by atoms with Gasteiger partial charge in [-0.3, -0.25) is 4.79 Å². The van der Waals surface area contributed by atoms with E-state index in [1.807, 2.05) is 0 Å². The molecule has 15 heteroatoms. The molecule has 2 aliphatic heterocycles. The Hall–Kier alpha value is -3.35. The predicted molar refractivity (Wildman–Crippen MR) is 143 cm³/mol. The van der Waals surface area contributed by atoms with E-state index in [4.69, 9.17) is 23.4 Å². The van der Waals surface area contributed by atoms with Crippen LogP contribution in [0, 0.1) is 0 Å². The molecule has 2 aromatic carbocycles. The lowest BCUT2D eigenvalue weighted by atomic mass is 9.89. The fraction of sp³-hybridized carbons (Fsp3) is 0.464. The van der Waals surface area contributed by atoms with Gasteiger partial charge in [0.2, 0.25) is 0 Å². The van der Waals surface area contributed by atoms with E-state index in [1.54, 1.807) is 0 Å². The first-order chi connectivity index (χ1) is 20.5. The van der Waals surface area contributed by atoms with Crippen molar-refractivity contribution in [2.75, 3.05) is 20.3 Å². The van der Waals surface area contributed by atoms with Gasteiger partial charge in [0.25, 0.3) is 0 Å². The number of ether oxygens (including phenoxy) is 4. The minimum Gasteiger partial charge on any atom is -0.508 e. The van der Waals surface area contributed by atoms with Crippen molar-refractivity contribution >= 4 is 11.0 Å². The Morgan fingerprint density at radius 3 is 2.07 bits per heavy atom. The summed E-state index contributed by atoms with van der Waals surface area (Å²) in [4.78, 5) is 13.3. The Morgan fingerprint density at radius 2 is 1.44 bits per heavy atom. The van der Waals surface area contributed by atoms with Crippen LogP contribution in [0.25, 0.3) is 22.3 Å². The normalized spacial score (nSPS) is 33.0. The topological polar surface area (TPSA) is 249 Å². The number of hydrogen-bond acceptors (Lipinski definition) is 15. The van der Waals surface area contributed by atoms with Gasteiger partial charge in [0.05, 0.1) is 25.9 Å². The van der Waals surface area contributed by atoms with Crippen molar-refractivity contribution in [3.8, 4) is 28.6 Å². The largest absolute Gasteiger partial charge is 0.508 e. The quantitative estimate of drug-likeness (QED) is 0.144. The SMILES string of the molecule is COc1cc(O)c2c(=O)cc(-c3ccc(O)cc3)oc2c1[C@@H]1O[C@@H](CO)[C@@H](O)[C@H](O)[C@@H]1O[C@@H]1O[C@H](CO)[C@@H](O)[C@H](O)[C@H]1O. The predicted octanol–water partition coefficient (Wildman–Crippen LogP) is -1.78. The summed E-state index contributed by atoms with van der Waals surface area (Å²) in [5.41, 5.74) is -0.702. The minimum absolute atomic E-state index is 0.00732. The molecule has 234 valence electrons. The first-order valence-corrected chi connectivity index (χ1v) is 13.3. The molecule has 0 bridgehead atoms. The lowest BCUT2D eigenvalue weighted by Gasteiger charge is -2.46. The van der Waals surface area contributed by atoms with Gasteiger partial charge in [0, 0.05) is 17.7 Å². The molecule has 0 unspecified atom stereocenters. The van der Waals surface area contributed by atoms with Crippen LogP contribution in [0.4, 0.5) is 0 Å². The fourth-order valence-corrected chi connectivity index (χ4v) is 5.33. The van der Waals surface area contributed by atoms with E-state index in [0.29, 0.717) is 5.56 Å². The maximum atomic E-state index is 13.3. The van der Waals surface area contributed by atoms with Gasteiger partial charge in [0.15, 0.2) is 17.3 Å². The maximum absolute atomic E-state index is 13.3. The molecular formula is C28H32O15. The molecule has 0 aliphatic carbocycles. The Balaban J connectivity index is 1.69. The number of phenols is 2. The number of benzene rings is 2. The summed E-state index contributed by atoms with van der Waals surface area (Å²) < 4.78 is 28.8. The van der Waals surface area contributed by atoms with E-state index in [-0.39, 0.29) is 33.8 Å². The monoisotopic (exact) mass is 608 g/mol. The molecule has 0 radical (unpaired) electrons. The summed E-state index contributed by atoms with van der Waals surface area (Å²) in [5.74, 6) is -0.682. The molecule has 43 heavy (non-hydrogen) atoms. The molecule has 3 aromatic rings. The van der Waals surface area contributed by atoms with Crippen LogP contribution in [0.3, 0.4) is 0 Å². The van der Waals surface area contributed by atoms with Crippen molar-refractivity contribution in [1.29, 1.82) is 0 Å². The number of methoxy groups -OCH3 is 1. The lowest BCUT2D eigenvalue weighted by Crippen LogP contribution is -2.62. The number of fused-ring (bicyclic) bond motifs is 1. The summed E-state index contributed by atoms with van der Waals surface area (Å²) >= 11 is 0. The first-order valence-electron chi connectivity index (χ1n) is 13.3. The summed E-state index contributed by atoms with van der Waals surface area (Å²) in [7, 11) is 1.23. The Bertz CT molecular complexity index is 1490. The van der Waals surface area contributed by atoms with E-state index >= 15 is 0 Å². The Morgan fingerprint density at radius 1 is 0.814 bits per heavy atom. The molecule has 3 heterocycles. The van der Waals surface area contributed by atoms with E-state index in [0.717, 1.165) is 12.1 Å². The molecule has 2 saturated heterocycles. The van der Waals surface area contributed by atoms with Crippen LogP contribution < -0.4 is 10.2 Å². The third-order valence-corrected chi connectivity index (χ3v) is 7.64. The minimum atomic E-state index is -1.89. The van der Waals surface area contributed by atoms with Crippen molar-refractivity contribution < 1.29 is 69.3 Å². The molecule has 0 saturated carbocycles. The number of aliphatic hydroxyl groups is 7. The Kier molecular flexibility index (Phi) is 8.92. The van der Waals surface area contributed by atoms with Gasteiger partial charge in [-0.15, -0.1) is 0 Å². The average Bonchev–Trinajstić information content (AvgIpc) is 2.99. The molecule has 0 amide bonds. The highest BCUT2D eigenvalue weighted by Crippen LogP contribution is 2.45. The molecule has 15 nitrogen and oxygen atoms in total. The number of hydrogen-bond donors (Lipinski definition) is 9. The standard InChI is InChI=1S/C28H32O15/c1-39-15-7-13(33)18-12(32)6-14(10-2-4-11(31)5-3-10)40-25(18)19(15)26-27(23(37)21(35)16(8-29)41-26)43-28-24(38)22(36)20(34)17(9-30)42-28/h2-7,16-17,20-24,26-31,33-38H,8-9H2,1H3/t16-,17+,20+,21+,22-,23-,24+,26-,27-,28-/m0/s1. The van der Waals surface area contributed by atoms with Crippen molar-refractivity contribution in [2.45, 2.75) is 61.2 Å². The van der Waals surface area contributed by atoms with Gasteiger partial charge in [-0.05, 0) is 24.3 Å². The molecule has 0 spiro atoms. The van der Waals surface area contributed by atoms with Crippen LogP contribution >= 0.6 is 0 Å². The van der Waals surface area contributed by atoms with Crippen molar-refractivity contribution in [1.82, 2.24) is 0 Å². The number of aliphatic hydroxyl groups excluding tert-OH is 7. The number of rotatable bonds is 7. The van der Waals surface area contributed by atoms with Crippen LogP contribution in [0.15, 0.2) is 45.6 Å². The van der Waals surface area contributed by atoms with Crippen molar-refractivity contribution in [3.63, 3.8) is 0 Å². The molecule has 2 fully saturated rings. The van der Waals surface area contributed by atoms with Crippen LogP contribution in [0.2, 0.25) is 0 Å². The van der Waals surface area contributed by atoms with Crippen molar-refractivity contribution in [3.05, 3.63) is 52.2 Å². The highest BCUT2D eigenvalue weighted by atomic mass is 16.7. The molecule has 5 rings (SSSR count). The van der Waals surface area contributed by atoms with Gasteiger partial charge in [-0.1, -0.05) is 0 Å². The summed E-state index contributed by atoms with van der Waals surface area (Å²) in [6, 6.07) is 7.88.